The van der Waals surface area contributed by atoms with Gasteiger partial charge in [-0.1, -0.05) is 55.0 Å². The third-order valence-corrected chi connectivity index (χ3v) is 4.50. The summed E-state index contributed by atoms with van der Waals surface area (Å²) in [4.78, 5) is 0. The Kier molecular flexibility index (Phi) is 6.39. The molecular weight excluding hydrogens is 352 g/mol. The van der Waals surface area contributed by atoms with E-state index in [4.69, 9.17) is 12.2 Å². The van der Waals surface area contributed by atoms with E-state index in [1.165, 1.54) is 16.7 Å². The van der Waals surface area contributed by atoms with Crippen molar-refractivity contribution in [3.63, 3.8) is 0 Å². The van der Waals surface area contributed by atoms with Crippen LogP contribution in [0, 0.1) is 6.92 Å². The highest BCUT2D eigenvalue weighted by atomic mass is 32.1. The van der Waals surface area contributed by atoms with E-state index in [1.807, 2.05) is 30.3 Å². The summed E-state index contributed by atoms with van der Waals surface area (Å²) >= 11 is 5.35. The van der Waals surface area contributed by atoms with Crippen LogP contribution in [-0.2, 0) is 13.0 Å². The quantitative estimate of drug-likeness (QED) is 0.371. The van der Waals surface area contributed by atoms with E-state index >= 15 is 0 Å². The monoisotopic (exact) mass is 376 g/mol. The van der Waals surface area contributed by atoms with Gasteiger partial charge in [-0.2, -0.15) is 5.10 Å². The Morgan fingerprint density at radius 1 is 1.11 bits per heavy atom. The molecule has 0 atom stereocenters. The van der Waals surface area contributed by atoms with E-state index < -0.39 is 0 Å². The van der Waals surface area contributed by atoms with E-state index in [9.17, 15) is 0 Å². The molecule has 0 radical (unpaired) electrons. The maximum Gasteiger partial charge on any atom is 0.191 e. The summed E-state index contributed by atoms with van der Waals surface area (Å²) in [6.07, 6.45) is 4.79. The van der Waals surface area contributed by atoms with Gasteiger partial charge >= 0.3 is 0 Å². The van der Waals surface area contributed by atoms with Gasteiger partial charge in [-0.25, -0.2) is 0 Å². The third kappa shape index (κ3) is 5.28. The van der Waals surface area contributed by atoms with E-state index in [0.717, 1.165) is 24.3 Å². The van der Waals surface area contributed by atoms with Gasteiger partial charge in [-0.3, -0.25) is 5.43 Å². The van der Waals surface area contributed by atoms with Gasteiger partial charge in [0.05, 0.1) is 11.9 Å². The number of aryl methyl sites for hydroxylation is 2. The molecule has 4 nitrogen and oxygen atoms in total. The summed E-state index contributed by atoms with van der Waals surface area (Å²) in [5, 5.41) is 7.96. The molecule has 27 heavy (non-hydrogen) atoms. The summed E-state index contributed by atoms with van der Waals surface area (Å²) in [7, 11) is 0. The van der Waals surface area contributed by atoms with Crippen molar-refractivity contribution in [1.29, 1.82) is 0 Å². The van der Waals surface area contributed by atoms with E-state index in [1.54, 1.807) is 6.21 Å². The smallest absolute Gasteiger partial charge is 0.191 e. The van der Waals surface area contributed by atoms with E-state index in [-0.39, 0.29) is 0 Å². The second-order valence-corrected chi connectivity index (χ2v) is 6.79. The zero-order valence-electron chi connectivity index (χ0n) is 15.6. The minimum absolute atomic E-state index is 0.476. The second kappa shape index (κ2) is 9.14. The Hall–Kier alpha value is -2.92. The summed E-state index contributed by atoms with van der Waals surface area (Å²) in [5.74, 6) is 0. The summed E-state index contributed by atoms with van der Waals surface area (Å²) in [5.41, 5.74) is 8.67. The lowest BCUT2D eigenvalue weighted by Gasteiger charge is -2.11. The third-order valence-electron chi connectivity index (χ3n) is 4.31. The molecule has 3 aromatic rings. The minimum atomic E-state index is 0.476. The van der Waals surface area contributed by atoms with Crippen LogP contribution in [0.25, 0.3) is 0 Å². The number of hydrogen-bond acceptors (Lipinski definition) is 2. The molecule has 1 aromatic heterocycles. The molecule has 1 heterocycles. The van der Waals surface area contributed by atoms with E-state index in [0.29, 0.717) is 5.11 Å². The van der Waals surface area contributed by atoms with Crippen molar-refractivity contribution in [3.8, 4) is 0 Å². The van der Waals surface area contributed by atoms with Crippen molar-refractivity contribution in [1.82, 2.24) is 9.99 Å². The molecule has 2 N–H and O–H groups in total. The molecule has 0 saturated carbocycles. The number of thiocarbonyl (C=S) groups is 1. The first-order valence-corrected chi connectivity index (χ1v) is 9.45. The summed E-state index contributed by atoms with van der Waals surface area (Å²) in [6.45, 7) is 5.04. The van der Waals surface area contributed by atoms with Gasteiger partial charge in [-0.05, 0) is 54.9 Å². The molecule has 0 aliphatic rings. The fraction of sp³-hybridized carbons (Fsp3) is 0.182. The maximum absolute atomic E-state index is 5.35. The molecule has 5 heteroatoms. The van der Waals surface area contributed by atoms with Crippen LogP contribution in [0.1, 0.15) is 29.3 Å². The van der Waals surface area contributed by atoms with Crippen LogP contribution in [0.15, 0.2) is 72.0 Å². The van der Waals surface area contributed by atoms with Crippen molar-refractivity contribution in [2.24, 2.45) is 5.10 Å². The van der Waals surface area contributed by atoms with Crippen LogP contribution in [0.5, 0.6) is 0 Å². The van der Waals surface area contributed by atoms with Crippen molar-refractivity contribution < 1.29 is 0 Å². The number of benzene rings is 2. The molecule has 2 aromatic carbocycles. The van der Waals surface area contributed by atoms with Crippen LogP contribution < -0.4 is 10.7 Å². The van der Waals surface area contributed by atoms with Crippen LogP contribution in [-0.4, -0.2) is 15.9 Å². The highest BCUT2D eigenvalue weighted by molar-refractivity contribution is 7.80. The number of anilines is 1. The standard InChI is InChI=1S/C22H24N4S/c1-3-19-10-4-5-12-21(19)24-22(27)25-23-15-20-11-7-13-26(20)16-18-9-6-8-17(2)14-18/h4-15H,3,16H2,1-2H3,(H2,24,25,27)/b23-15-. The molecular formula is C22H24N4S. The van der Waals surface area contributed by atoms with Gasteiger partial charge in [0, 0.05) is 18.4 Å². The molecule has 138 valence electrons. The van der Waals surface area contributed by atoms with Gasteiger partial charge in [0.25, 0.3) is 0 Å². The summed E-state index contributed by atoms with van der Waals surface area (Å²) in [6, 6.07) is 20.7. The molecule has 0 fully saturated rings. The number of aromatic nitrogens is 1. The average Bonchev–Trinajstić information content (AvgIpc) is 3.09. The second-order valence-electron chi connectivity index (χ2n) is 6.38. The molecule has 0 aliphatic carbocycles. The van der Waals surface area contributed by atoms with Gasteiger partial charge < -0.3 is 9.88 Å². The van der Waals surface area contributed by atoms with Crippen LogP contribution in [0.2, 0.25) is 0 Å². The molecule has 0 amide bonds. The largest absolute Gasteiger partial charge is 0.342 e. The van der Waals surface area contributed by atoms with Gasteiger partial charge in [0.1, 0.15) is 0 Å². The Morgan fingerprint density at radius 2 is 1.96 bits per heavy atom. The lowest BCUT2D eigenvalue weighted by atomic mass is 10.1. The number of nitrogens with zero attached hydrogens (tertiary/aromatic N) is 2. The van der Waals surface area contributed by atoms with Crippen LogP contribution >= 0.6 is 12.2 Å². The highest BCUT2D eigenvalue weighted by Crippen LogP contribution is 2.15. The predicted molar refractivity (Wildman–Crippen MR) is 117 cm³/mol. The fourth-order valence-corrected chi connectivity index (χ4v) is 3.12. The number of hydrogen-bond donors (Lipinski definition) is 2. The van der Waals surface area contributed by atoms with Crippen molar-refractivity contribution in [2.45, 2.75) is 26.8 Å². The number of para-hydroxylation sites is 1. The van der Waals surface area contributed by atoms with Crippen molar-refractivity contribution in [2.75, 3.05) is 5.32 Å². The zero-order valence-corrected chi connectivity index (χ0v) is 16.5. The van der Waals surface area contributed by atoms with Crippen LogP contribution in [0.4, 0.5) is 5.69 Å². The Morgan fingerprint density at radius 3 is 2.78 bits per heavy atom. The molecule has 0 aliphatic heterocycles. The van der Waals surface area contributed by atoms with Gasteiger partial charge in [0.15, 0.2) is 5.11 Å². The molecule has 0 bridgehead atoms. The first kappa shape index (κ1) is 18.9. The van der Waals surface area contributed by atoms with Gasteiger partial charge in [-0.15, -0.1) is 0 Å². The SMILES string of the molecule is CCc1ccccc1NC(=S)N/N=C\c1cccn1Cc1cccc(C)c1. The Labute approximate surface area is 165 Å². The minimum Gasteiger partial charge on any atom is -0.342 e. The van der Waals surface area contributed by atoms with Crippen molar-refractivity contribution in [3.05, 3.63) is 89.2 Å². The first-order chi connectivity index (χ1) is 13.2. The van der Waals surface area contributed by atoms with Crippen molar-refractivity contribution >= 4 is 29.2 Å². The first-order valence-electron chi connectivity index (χ1n) is 9.04. The Balaban J connectivity index is 1.60. The topological polar surface area (TPSA) is 41.4 Å². The van der Waals surface area contributed by atoms with Crippen LogP contribution in [0.3, 0.4) is 0 Å². The lowest BCUT2D eigenvalue weighted by Crippen LogP contribution is -2.24. The number of nitrogens with one attached hydrogen (secondary N) is 2. The van der Waals surface area contributed by atoms with E-state index in [2.05, 4.69) is 70.8 Å². The molecule has 0 spiro atoms. The zero-order chi connectivity index (χ0) is 19.1. The molecule has 0 saturated heterocycles. The molecule has 3 rings (SSSR count). The highest BCUT2D eigenvalue weighted by Gasteiger charge is 2.02. The fourth-order valence-electron chi connectivity index (χ4n) is 2.95. The number of rotatable bonds is 6. The number of hydrazone groups is 1. The Bertz CT molecular complexity index is 943. The predicted octanol–water partition coefficient (Wildman–Crippen LogP) is 4.73. The maximum atomic E-state index is 5.35. The lowest BCUT2D eigenvalue weighted by molar-refractivity contribution is 0.798. The summed E-state index contributed by atoms with van der Waals surface area (Å²) < 4.78 is 2.16. The average molecular weight is 377 g/mol. The normalized spacial score (nSPS) is 10.9. The van der Waals surface area contributed by atoms with Gasteiger partial charge in [0.2, 0.25) is 0 Å². The molecule has 0 unspecified atom stereocenters.